The summed E-state index contributed by atoms with van der Waals surface area (Å²) in [6, 6.07) is 11.8. The van der Waals surface area contributed by atoms with Crippen LogP contribution in [0.5, 0.6) is 5.75 Å². The van der Waals surface area contributed by atoms with Crippen LogP contribution >= 0.6 is 11.6 Å². The summed E-state index contributed by atoms with van der Waals surface area (Å²) in [5.74, 6) is 1.90. The Morgan fingerprint density at radius 3 is 2.82 bits per heavy atom. The van der Waals surface area contributed by atoms with Crippen molar-refractivity contribution >= 4 is 34.6 Å². The van der Waals surface area contributed by atoms with E-state index in [-0.39, 0.29) is 17.9 Å². The summed E-state index contributed by atoms with van der Waals surface area (Å²) in [6.07, 6.45) is 10.3. The van der Waals surface area contributed by atoms with E-state index in [2.05, 4.69) is 40.8 Å². The molecule has 5 rings (SSSR count). The van der Waals surface area contributed by atoms with E-state index in [4.69, 9.17) is 21.1 Å². The number of ether oxygens (including phenoxy) is 2. The minimum atomic E-state index is -1.46. The normalized spacial score (nSPS) is 29.0. The first kappa shape index (κ1) is 28.3. The molecule has 1 amide bonds. The number of aryl methyl sites for hydroxylation is 1. The van der Waals surface area contributed by atoms with Crippen molar-refractivity contribution < 1.29 is 18.8 Å². The molecule has 5 atom stereocenters. The van der Waals surface area contributed by atoms with E-state index in [0.29, 0.717) is 36.3 Å². The molecule has 1 unspecified atom stereocenters. The predicted molar refractivity (Wildman–Crippen MR) is 158 cm³/mol. The van der Waals surface area contributed by atoms with Crippen LogP contribution in [0.15, 0.2) is 48.6 Å². The lowest BCUT2D eigenvalue weighted by atomic mass is 9.70. The molecule has 6 nitrogen and oxygen atoms in total. The number of carbonyl (C=O) groups is 1. The highest BCUT2D eigenvalue weighted by Crippen LogP contribution is 2.42. The maximum absolute atomic E-state index is 13.2. The number of hydrogen-bond acceptors (Lipinski definition) is 5. The molecule has 1 N–H and O–H groups in total. The van der Waals surface area contributed by atoms with Crippen molar-refractivity contribution in [3.8, 4) is 5.75 Å². The Morgan fingerprint density at radius 2 is 2.03 bits per heavy atom. The van der Waals surface area contributed by atoms with Gasteiger partial charge in [-0.2, -0.15) is 4.72 Å². The van der Waals surface area contributed by atoms with Gasteiger partial charge in [-0.1, -0.05) is 36.7 Å². The lowest BCUT2D eigenvalue weighted by Gasteiger charge is -2.43. The molecule has 2 heterocycles. The Bertz CT molecular complexity index is 1190. The maximum atomic E-state index is 13.2. The molecule has 39 heavy (non-hydrogen) atoms. The number of fused-ring (bicyclic) bond motifs is 3. The molecular formula is C31H39ClN2O4S. The van der Waals surface area contributed by atoms with E-state index >= 15 is 0 Å². The van der Waals surface area contributed by atoms with E-state index in [0.717, 1.165) is 61.5 Å². The number of hydrogen-bond donors (Lipinski definition) is 1. The third-order valence-corrected chi connectivity index (χ3v) is 9.84. The van der Waals surface area contributed by atoms with E-state index in [9.17, 15) is 9.35 Å². The van der Waals surface area contributed by atoms with E-state index in [1.165, 1.54) is 11.1 Å². The minimum absolute atomic E-state index is 0.0473. The van der Waals surface area contributed by atoms with Crippen molar-refractivity contribution in [2.24, 2.45) is 17.8 Å². The molecule has 2 aromatic rings. The van der Waals surface area contributed by atoms with Gasteiger partial charge in [-0.25, -0.2) is 0 Å². The van der Waals surface area contributed by atoms with Gasteiger partial charge in [-0.05, 0) is 91.8 Å². The quantitative estimate of drug-likeness (QED) is 0.332. The fourth-order valence-corrected chi connectivity index (χ4v) is 7.23. The summed E-state index contributed by atoms with van der Waals surface area (Å²) in [5, 5.41) is 0.753. The van der Waals surface area contributed by atoms with Crippen LogP contribution in [-0.2, 0) is 29.1 Å². The van der Waals surface area contributed by atoms with Gasteiger partial charge in [0, 0.05) is 36.7 Å². The smallest absolute Gasteiger partial charge is 0.292 e. The van der Waals surface area contributed by atoms with Gasteiger partial charge in [-0.15, -0.1) is 0 Å². The zero-order chi connectivity index (χ0) is 27.4. The average molecular weight is 571 g/mol. The first-order valence-electron chi connectivity index (χ1n) is 14.1. The number of halogens is 1. The topological polar surface area (TPSA) is 73.9 Å². The molecule has 2 aromatic carbocycles. The molecule has 1 aliphatic carbocycles. The van der Waals surface area contributed by atoms with Gasteiger partial charge >= 0.3 is 0 Å². The van der Waals surface area contributed by atoms with Gasteiger partial charge in [0.2, 0.25) is 0 Å². The number of methoxy groups -OCH3 is 1. The zero-order valence-corrected chi connectivity index (χ0v) is 24.4. The standard InChI is InChI=1S/C31H39ClN2O4S/c1-21-6-5-8-29(37-2)27-13-10-25(27)19-34-18-24-9-12-26(32)16-22(24)7-3-4-15-38-30-14-11-23(17-28(30)34)31(35)33-39(36)20-21/h5,8-9,11-12,14,16-17,21,25,27,29H,3-4,6-7,10,13,15,18-20H2,1-2H3,(H,33,35)/b8-5+/t21-,25-,27+,29-,39?/m0/s1. The number of anilines is 1. The summed E-state index contributed by atoms with van der Waals surface area (Å²) in [4.78, 5) is 15.5. The van der Waals surface area contributed by atoms with Crippen LogP contribution in [-0.4, -0.2) is 42.6 Å². The van der Waals surface area contributed by atoms with Crippen molar-refractivity contribution in [1.29, 1.82) is 0 Å². The molecule has 0 spiro atoms. The van der Waals surface area contributed by atoms with Crippen LogP contribution in [0.1, 0.15) is 60.5 Å². The van der Waals surface area contributed by atoms with Crippen molar-refractivity contribution in [2.75, 3.05) is 30.9 Å². The predicted octanol–water partition coefficient (Wildman–Crippen LogP) is 6.09. The number of nitrogens with zero attached hydrogens (tertiary/aromatic N) is 1. The molecule has 2 bridgehead atoms. The average Bonchev–Trinajstić information content (AvgIpc) is 2.92. The minimum Gasteiger partial charge on any atom is -0.593 e. The van der Waals surface area contributed by atoms with Crippen LogP contribution in [0.3, 0.4) is 0 Å². The lowest BCUT2D eigenvalue weighted by Crippen LogP contribution is -2.43. The zero-order valence-electron chi connectivity index (χ0n) is 22.9. The number of benzene rings is 2. The van der Waals surface area contributed by atoms with Crippen LogP contribution in [0.4, 0.5) is 5.69 Å². The number of allylic oxidation sites excluding steroid dienone is 1. The Balaban J connectivity index is 1.57. The molecule has 0 aromatic heterocycles. The fraction of sp³-hybridized carbons (Fsp3) is 0.516. The first-order valence-corrected chi connectivity index (χ1v) is 15.8. The summed E-state index contributed by atoms with van der Waals surface area (Å²) in [5.41, 5.74) is 3.89. The van der Waals surface area contributed by atoms with Crippen LogP contribution in [0, 0.1) is 17.8 Å². The molecule has 3 aliphatic rings. The fourth-order valence-electron chi connectivity index (χ4n) is 5.97. The van der Waals surface area contributed by atoms with Crippen molar-refractivity contribution in [3.05, 3.63) is 70.3 Å². The van der Waals surface area contributed by atoms with Gasteiger partial charge in [-0.3, -0.25) is 4.79 Å². The Kier molecular flexibility index (Phi) is 9.44. The summed E-state index contributed by atoms with van der Waals surface area (Å²) < 4.78 is 27.8. The highest BCUT2D eigenvalue weighted by Gasteiger charge is 2.38. The molecule has 1 saturated carbocycles. The molecule has 1 fully saturated rings. The summed E-state index contributed by atoms with van der Waals surface area (Å²) in [6.45, 7) is 4.18. The summed E-state index contributed by atoms with van der Waals surface area (Å²) >= 11 is 4.94. The Morgan fingerprint density at radius 1 is 1.15 bits per heavy atom. The molecule has 0 saturated heterocycles. The molecule has 0 radical (unpaired) electrons. The lowest BCUT2D eigenvalue weighted by molar-refractivity contribution is 0.0133. The van der Waals surface area contributed by atoms with Gasteiger partial charge in [0.05, 0.1) is 29.8 Å². The maximum Gasteiger partial charge on any atom is 0.292 e. The van der Waals surface area contributed by atoms with Crippen LogP contribution < -0.4 is 14.4 Å². The van der Waals surface area contributed by atoms with E-state index < -0.39 is 11.4 Å². The first-order chi connectivity index (χ1) is 18.9. The number of amides is 1. The third-order valence-electron chi connectivity index (χ3n) is 8.32. The van der Waals surface area contributed by atoms with Gasteiger partial charge in [0.1, 0.15) is 11.5 Å². The Labute approximate surface area is 240 Å². The Hall–Kier alpha value is -2.19. The highest BCUT2D eigenvalue weighted by atomic mass is 35.5. The van der Waals surface area contributed by atoms with Gasteiger partial charge < -0.3 is 18.9 Å². The van der Waals surface area contributed by atoms with Crippen molar-refractivity contribution in [2.45, 2.75) is 58.1 Å². The van der Waals surface area contributed by atoms with Gasteiger partial charge in [0.25, 0.3) is 5.91 Å². The second-order valence-electron chi connectivity index (χ2n) is 11.2. The van der Waals surface area contributed by atoms with Crippen molar-refractivity contribution in [1.82, 2.24) is 4.72 Å². The van der Waals surface area contributed by atoms with Crippen LogP contribution in [0.25, 0.3) is 0 Å². The van der Waals surface area contributed by atoms with Crippen molar-refractivity contribution in [3.63, 3.8) is 0 Å². The molecule has 2 aliphatic heterocycles. The summed E-state index contributed by atoms with van der Waals surface area (Å²) in [7, 11) is 1.79. The third kappa shape index (κ3) is 6.94. The second-order valence-corrected chi connectivity index (χ2v) is 12.9. The molecular weight excluding hydrogens is 532 g/mol. The molecule has 210 valence electrons. The molecule has 8 heteroatoms. The SMILES string of the molecule is CO[C@H]1/C=C/C[C@H](C)C[S+]([O-])NC(=O)c2ccc3c(c2)N(Cc2ccc(Cl)cc2CCCCO3)C[C@@H]2CC[C@H]21. The number of nitrogens with one attached hydrogen (secondary N) is 1. The highest BCUT2D eigenvalue weighted by molar-refractivity contribution is 7.90. The van der Waals surface area contributed by atoms with Crippen LogP contribution in [0.2, 0.25) is 5.02 Å². The number of carbonyl (C=O) groups excluding carboxylic acids is 1. The van der Waals surface area contributed by atoms with E-state index in [1.807, 2.05) is 18.2 Å². The second kappa shape index (κ2) is 13.0. The largest absolute Gasteiger partial charge is 0.593 e. The monoisotopic (exact) mass is 570 g/mol. The van der Waals surface area contributed by atoms with Gasteiger partial charge in [0.15, 0.2) is 0 Å². The number of rotatable bonds is 1. The van der Waals surface area contributed by atoms with E-state index in [1.54, 1.807) is 13.2 Å².